The predicted octanol–water partition coefficient (Wildman–Crippen LogP) is 2.64. The minimum absolute atomic E-state index is 0. The Morgan fingerprint density at radius 3 is 2.50 bits per heavy atom. The molecule has 86 valence electrons. The van der Waals surface area contributed by atoms with Crippen molar-refractivity contribution in [1.82, 2.24) is 0 Å². The molecule has 16 heavy (non-hydrogen) atoms. The summed E-state index contributed by atoms with van der Waals surface area (Å²) in [7, 11) is 0. The van der Waals surface area contributed by atoms with Crippen LogP contribution in [0.1, 0.15) is 18.0 Å². The van der Waals surface area contributed by atoms with Crippen molar-refractivity contribution in [2.75, 3.05) is 6.61 Å². The average molecular weight is 238 g/mol. The monoisotopic (exact) mass is 237 g/mol. The van der Waals surface area contributed by atoms with Gasteiger partial charge in [0.2, 0.25) is 0 Å². The van der Waals surface area contributed by atoms with Gasteiger partial charge in [-0.3, -0.25) is 0 Å². The van der Waals surface area contributed by atoms with Crippen LogP contribution in [0.25, 0.3) is 10.8 Å². The number of hydrogen-bond donors (Lipinski definition) is 2. The molecule has 2 aromatic rings. The summed E-state index contributed by atoms with van der Waals surface area (Å²) in [5.74, 6) is 0. The molecule has 3 heteroatoms. The van der Waals surface area contributed by atoms with Crippen LogP contribution in [0.3, 0.4) is 0 Å². The molecule has 0 saturated carbocycles. The normalized spacial score (nSPS) is 12.1. The van der Waals surface area contributed by atoms with E-state index in [1.54, 1.807) is 0 Å². The summed E-state index contributed by atoms with van der Waals surface area (Å²) < 4.78 is 0. The van der Waals surface area contributed by atoms with Crippen molar-refractivity contribution in [2.24, 2.45) is 5.73 Å². The largest absolute Gasteiger partial charge is 0.396 e. The van der Waals surface area contributed by atoms with E-state index in [2.05, 4.69) is 18.2 Å². The molecule has 0 amide bonds. The van der Waals surface area contributed by atoms with Crippen molar-refractivity contribution in [3.05, 3.63) is 48.0 Å². The van der Waals surface area contributed by atoms with Crippen LogP contribution >= 0.6 is 12.4 Å². The van der Waals surface area contributed by atoms with Crippen molar-refractivity contribution in [2.45, 2.75) is 12.5 Å². The van der Waals surface area contributed by atoms with E-state index in [0.717, 1.165) is 5.56 Å². The molecule has 0 aliphatic carbocycles. The van der Waals surface area contributed by atoms with Crippen LogP contribution in [0, 0.1) is 0 Å². The quantitative estimate of drug-likeness (QED) is 0.862. The van der Waals surface area contributed by atoms with Crippen LogP contribution in [-0.4, -0.2) is 11.7 Å². The van der Waals surface area contributed by atoms with E-state index >= 15 is 0 Å². The van der Waals surface area contributed by atoms with Crippen LogP contribution in [0.2, 0.25) is 0 Å². The minimum Gasteiger partial charge on any atom is -0.396 e. The van der Waals surface area contributed by atoms with Gasteiger partial charge in [0, 0.05) is 12.6 Å². The van der Waals surface area contributed by atoms with E-state index in [1.807, 2.05) is 24.3 Å². The third kappa shape index (κ3) is 2.53. The zero-order valence-corrected chi connectivity index (χ0v) is 9.78. The lowest BCUT2D eigenvalue weighted by Gasteiger charge is -2.13. The standard InChI is InChI=1S/C13H15NO.ClH/c14-13(8-9-15)12-7-3-5-10-4-1-2-6-11(10)12;/h1-7,13,15H,8-9,14H2;1H/t13-;/m1./s1. The maximum absolute atomic E-state index is 8.89. The second-order valence-electron chi connectivity index (χ2n) is 3.69. The van der Waals surface area contributed by atoms with Crippen molar-refractivity contribution < 1.29 is 5.11 Å². The fraction of sp³-hybridized carbons (Fsp3) is 0.231. The number of rotatable bonds is 3. The average Bonchev–Trinajstić information content (AvgIpc) is 2.28. The van der Waals surface area contributed by atoms with E-state index in [0.29, 0.717) is 6.42 Å². The molecule has 2 rings (SSSR count). The molecule has 0 radical (unpaired) electrons. The summed E-state index contributed by atoms with van der Waals surface area (Å²) in [5, 5.41) is 11.3. The van der Waals surface area contributed by atoms with E-state index in [4.69, 9.17) is 10.8 Å². The highest BCUT2D eigenvalue weighted by Crippen LogP contribution is 2.24. The molecule has 0 spiro atoms. The predicted molar refractivity (Wildman–Crippen MR) is 69.8 cm³/mol. The molecule has 3 N–H and O–H groups in total. The SMILES string of the molecule is Cl.N[C@H](CCO)c1cccc2ccccc12. The minimum atomic E-state index is -0.0823. The highest BCUT2D eigenvalue weighted by Gasteiger charge is 2.08. The molecule has 0 aliphatic heterocycles. The maximum atomic E-state index is 8.89. The first-order chi connectivity index (χ1) is 7.33. The molecule has 1 atom stereocenters. The van der Waals surface area contributed by atoms with Gasteiger partial charge in [-0.2, -0.15) is 0 Å². The summed E-state index contributed by atoms with van der Waals surface area (Å²) in [4.78, 5) is 0. The molecule has 0 saturated heterocycles. The summed E-state index contributed by atoms with van der Waals surface area (Å²) in [6, 6.07) is 14.2. The molecule has 0 heterocycles. The van der Waals surface area contributed by atoms with Gasteiger partial charge in [-0.1, -0.05) is 42.5 Å². The van der Waals surface area contributed by atoms with Gasteiger partial charge in [0.05, 0.1) is 0 Å². The highest BCUT2D eigenvalue weighted by atomic mass is 35.5. The second-order valence-corrected chi connectivity index (χ2v) is 3.69. The zero-order valence-electron chi connectivity index (χ0n) is 8.97. The van der Waals surface area contributed by atoms with Crippen LogP contribution in [0.15, 0.2) is 42.5 Å². The van der Waals surface area contributed by atoms with Gasteiger partial charge >= 0.3 is 0 Å². The third-order valence-corrected chi connectivity index (χ3v) is 2.66. The molecule has 0 unspecified atom stereocenters. The van der Waals surface area contributed by atoms with Crippen LogP contribution in [-0.2, 0) is 0 Å². The number of aliphatic hydroxyl groups is 1. The fourth-order valence-corrected chi connectivity index (χ4v) is 1.87. The van der Waals surface area contributed by atoms with Gasteiger partial charge in [0.25, 0.3) is 0 Å². The van der Waals surface area contributed by atoms with E-state index in [-0.39, 0.29) is 25.1 Å². The summed E-state index contributed by atoms with van der Waals surface area (Å²) in [5.41, 5.74) is 7.12. The van der Waals surface area contributed by atoms with Crippen molar-refractivity contribution in [3.8, 4) is 0 Å². The molecule has 2 nitrogen and oxygen atoms in total. The fourth-order valence-electron chi connectivity index (χ4n) is 1.87. The van der Waals surface area contributed by atoms with Crippen molar-refractivity contribution in [3.63, 3.8) is 0 Å². The zero-order chi connectivity index (χ0) is 10.7. The molecule has 0 aliphatic rings. The van der Waals surface area contributed by atoms with Crippen LogP contribution < -0.4 is 5.73 Å². The molecule has 0 aromatic heterocycles. The van der Waals surface area contributed by atoms with E-state index in [1.165, 1.54) is 10.8 Å². The van der Waals surface area contributed by atoms with Crippen LogP contribution in [0.4, 0.5) is 0 Å². The number of benzene rings is 2. The summed E-state index contributed by atoms with van der Waals surface area (Å²) in [6.07, 6.45) is 0.605. The lowest BCUT2D eigenvalue weighted by Crippen LogP contribution is -2.12. The molecule has 0 bridgehead atoms. The van der Waals surface area contributed by atoms with Gasteiger partial charge in [-0.15, -0.1) is 12.4 Å². The molecular weight excluding hydrogens is 222 g/mol. The lowest BCUT2D eigenvalue weighted by atomic mass is 9.98. The van der Waals surface area contributed by atoms with Gasteiger partial charge < -0.3 is 10.8 Å². The first kappa shape index (κ1) is 13.0. The van der Waals surface area contributed by atoms with Gasteiger partial charge in [0.15, 0.2) is 0 Å². The first-order valence-corrected chi connectivity index (χ1v) is 5.17. The topological polar surface area (TPSA) is 46.2 Å². The Morgan fingerprint density at radius 1 is 1.06 bits per heavy atom. The number of hydrogen-bond acceptors (Lipinski definition) is 2. The molecule has 0 fully saturated rings. The number of fused-ring (bicyclic) bond motifs is 1. The number of nitrogens with two attached hydrogens (primary N) is 1. The van der Waals surface area contributed by atoms with E-state index in [9.17, 15) is 0 Å². The number of aliphatic hydroxyl groups excluding tert-OH is 1. The molecule has 2 aromatic carbocycles. The van der Waals surface area contributed by atoms with Crippen molar-refractivity contribution in [1.29, 1.82) is 0 Å². The Labute approximate surface area is 101 Å². The van der Waals surface area contributed by atoms with E-state index < -0.39 is 0 Å². The lowest BCUT2D eigenvalue weighted by molar-refractivity contribution is 0.277. The smallest absolute Gasteiger partial charge is 0.0449 e. The summed E-state index contributed by atoms with van der Waals surface area (Å²) in [6.45, 7) is 0.129. The molecular formula is C13H16ClNO. The Hall–Kier alpha value is -1.09. The second kappa shape index (κ2) is 5.85. The summed E-state index contributed by atoms with van der Waals surface area (Å²) >= 11 is 0. The van der Waals surface area contributed by atoms with Gasteiger partial charge in [0.1, 0.15) is 0 Å². The Morgan fingerprint density at radius 2 is 1.75 bits per heavy atom. The Balaban J connectivity index is 0.00000128. The Kier molecular flexibility index (Phi) is 4.74. The Bertz CT molecular complexity index is 453. The van der Waals surface area contributed by atoms with Gasteiger partial charge in [-0.05, 0) is 22.8 Å². The maximum Gasteiger partial charge on any atom is 0.0449 e. The van der Waals surface area contributed by atoms with Crippen molar-refractivity contribution >= 4 is 23.2 Å². The third-order valence-electron chi connectivity index (χ3n) is 2.66. The first-order valence-electron chi connectivity index (χ1n) is 5.17. The van der Waals surface area contributed by atoms with Gasteiger partial charge in [-0.25, -0.2) is 0 Å². The van der Waals surface area contributed by atoms with Crippen LogP contribution in [0.5, 0.6) is 0 Å². The highest BCUT2D eigenvalue weighted by molar-refractivity contribution is 5.86. The number of halogens is 1.